The summed E-state index contributed by atoms with van der Waals surface area (Å²) >= 11 is 0. The van der Waals surface area contributed by atoms with Crippen LogP contribution in [0.1, 0.15) is 27.2 Å². The number of carbonyl (C=O) groups excluding carboxylic acids is 2. The number of aliphatic imine (C=N–C) groups is 1. The number of Topliss-reactive ketones (excluding diaryl/α,β-unsaturated/α-hetero) is 1. The van der Waals surface area contributed by atoms with Crippen molar-refractivity contribution >= 4 is 23.1 Å². The van der Waals surface area contributed by atoms with Crippen LogP contribution in [0.4, 0.5) is 5.69 Å². The Morgan fingerprint density at radius 2 is 1.76 bits per heavy atom. The van der Waals surface area contributed by atoms with E-state index >= 15 is 0 Å². The lowest BCUT2D eigenvalue weighted by Crippen LogP contribution is -2.44. The van der Waals surface area contributed by atoms with Crippen molar-refractivity contribution in [2.45, 2.75) is 13.1 Å². The van der Waals surface area contributed by atoms with Crippen LogP contribution < -0.4 is 10.6 Å². The molecule has 1 aromatic heterocycles. The Morgan fingerprint density at radius 3 is 2.48 bits per heavy atom. The van der Waals surface area contributed by atoms with E-state index in [-0.39, 0.29) is 12.3 Å². The summed E-state index contributed by atoms with van der Waals surface area (Å²) in [7, 11) is 0. The summed E-state index contributed by atoms with van der Waals surface area (Å²) in [5.41, 5.74) is 10.2. The number of aryl methyl sites for hydroxylation is 1. The number of para-hydroxylation sites is 1. The Morgan fingerprint density at radius 1 is 1.03 bits per heavy atom. The van der Waals surface area contributed by atoms with Crippen molar-refractivity contribution in [2.75, 3.05) is 11.4 Å². The van der Waals surface area contributed by atoms with Crippen molar-refractivity contribution < 1.29 is 9.59 Å². The highest BCUT2D eigenvalue weighted by Crippen LogP contribution is 2.27. The topological polar surface area (TPSA) is 88.7 Å². The van der Waals surface area contributed by atoms with Gasteiger partial charge in [-0.25, -0.2) is 0 Å². The van der Waals surface area contributed by atoms with Crippen LogP contribution in [-0.4, -0.2) is 35.1 Å². The number of benzene rings is 2. The maximum absolute atomic E-state index is 13.0. The number of pyridine rings is 1. The molecule has 1 aliphatic rings. The van der Waals surface area contributed by atoms with Gasteiger partial charge >= 0.3 is 0 Å². The zero-order chi connectivity index (χ0) is 20.4. The van der Waals surface area contributed by atoms with E-state index in [4.69, 9.17) is 5.73 Å². The molecule has 0 spiro atoms. The third kappa shape index (κ3) is 3.70. The highest BCUT2D eigenvalue weighted by Gasteiger charge is 2.31. The number of hydrogen-bond donors (Lipinski definition) is 1. The average molecular weight is 384 g/mol. The highest BCUT2D eigenvalue weighted by molar-refractivity contribution is 6.20. The third-order valence-electron chi connectivity index (χ3n) is 4.82. The van der Waals surface area contributed by atoms with Gasteiger partial charge in [-0.15, -0.1) is 0 Å². The molecule has 2 heterocycles. The van der Waals surface area contributed by atoms with Crippen LogP contribution >= 0.6 is 0 Å². The minimum atomic E-state index is -1.12. The maximum atomic E-state index is 13.0. The van der Waals surface area contributed by atoms with Crippen molar-refractivity contribution in [3.63, 3.8) is 0 Å². The fraction of sp³-hybridized carbons (Fsp3) is 0.130. The van der Waals surface area contributed by atoms with E-state index in [0.717, 1.165) is 5.56 Å². The lowest BCUT2D eigenvalue weighted by atomic mass is 10.0. The number of benzodiazepines with no additional fused rings is 1. The van der Waals surface area contributed by atoms with Gasteiger partial charge in [0.05, 0.1) is 23.6 Å². The molecule has 0 fully saturated rings. The first-order valence-corrected chi connectivity index (χ1v) is 9.30. The van der Waals surface area contributed by atoms with Gasteiger partial charge < -0.3 is 10.6 Å². The SMILES string of the molecule is Cc1ccc(C(=O)CN2C(=O)[C@H](N)N=C(c3ccccn3)c3ccccc32)cc1. The number of hydrogen-bond acceptors (Lipinski definition) is 5. The lowest BCUT2D eigenvalue weighted by molar-refractivity contribution is -0.119. The summed E-state index contributed by atoms with van der Waals surface area (Å²) in [6.07, 6.45) is 0.544. The Kier molecular flexibility index (Phi) is 5.01. The molecule has 1 aliphatic heterocycles. The molecular weight excluding hydrogens is 364 g/mol. The molecule has 0 unspecified atom stereocenters. The van der Waals surface area contributed by atoms with Gasteiger partial charge in [0.15, 0.2) is 11.9 Å². The second-order valence-electron chi connectivity index (χ2n) is 6.87. The molecule has 6 heteroatoms. The van der Waals surface area contributed by atoms with Crippen molar-refractivity contribution in [3.05, 3.63) is 95.3 Å². The summed E-state index contributed by atoms with van der Waals surface area (Å²) < 4.78 is 0. The predicted molar refractivity (Wildman–Crippen MR) is 112 cm³/mol. The van der Waals surface area contributed by atoms with Crippen molar-refractivity contribution in [2.24, 2.45) is 10.7 Å². The molecule has 29 heavy (non-hydrogen) atoms. The smallest absolute Gasteiger partial charge is 0.266 e. The quantitative estimate of drug-likeness (QED) is 0.701. The molecule has 6 nitrogen and oxygen atoms in total. The molecule has 1 amide bonds. The molecule has 0 radical (unpaired) electrons. The molecule has 1 atom stereocenters. The zero-order valence-corrected chi connectivity index (χ0v) is 15.9. The summed E-state index contributed by atoms with van der Waals surface area (Å²) in [5.74, 6) is -0.592. The van der Waals surface area contributed by atoms with Crippen LogP contribution in [0.25, 0.3) is 0 Å². The third-order valence-corrected chi connectivity index (χ3v) is 4.82. The number of aromatic nitrogens is 1. The Hall–Kier alpha value is -3.64. The van der Waals surface area contributed by atoms with Gasteiger partial charge in [-0.3, -0.25) is 19.6 Å². The van der Waals surface area contributed by atoms with Crippen molar-refractivity contribution in [3.8, 4) is 0 Å². The van der Waals surface area contributed by atoms with Gasteiger partial charge in [-0.1, -0.05) is 54.1 Å². The highest BCUT2D eigenvalue weighted by atomic mass is 16.2. The first kappa shape index (κ1) is 18.7. The fourth-order valence-electron chi connectivity index (χ4n) is 3.30. The first-order valence-electron chi connectivity index (χ1n) is 9.30. The number of ketones is 1. The molecule has 4 rings (SSSR count). The number of rotatable bonds is 4. The Balaban J connectivity index is 1.76. The second-order valence-corrected chi connectivity index (χ2v) is 6.87. The largest absolute Gasteiger partial charge is 0.302 e. The van der Waals surface area contributed by atoms with Gasteiger partial charge in [0.25, 0.3) is 5.91 Å². The molecule has 3 aromatic rings. The van der Waals surface area contributed by atoms with Gasteiger partial charge in [0.1, 0.15) is 0 Å². The molecule has 0 aliphatic carbocycles. The molecule has 2 N–H and O–H groups in total. The van der Waals surface area contributed by atoms with Crippen molar-refractivity contribution in [1.29, 1.82) is 0 Å². The van der Waals surface area contributed by atoms with E-state index < -0.39 is 12.1 Å². The Bertz CT molecular complexity index is 1090. The van der Waals surface area contributed by atoms with E-state index in [9.17, 15) is 9.59 Å². The number of carbonyl (C=O) groups is 2. The van der Waals surface area contributed by atoms with E-state index in [2.05, 4.69) is 9.98 Å². The van der Waals surface area contributed by atoms with Crippen LogP contribution in [0, 0.1) is 6.92 Å². The summed E-state index contributed by atoms with van der Waals surface area (Å²) in [6.45, 7) is 1.84. The summed E-state index contributed by atoms with van der Waals surface area (Å²) in [6, 6.07) is 20.1. The second kappa shape index (κ2) is 7.77. The molecule has 144 valence electrons. The van der Waals surface area contributed by atoms with Crippen LogP contribution in [0.5, 0.6) is 0 Å². The van der Waals surface area contributed by atoms with Crippen LogP contribution in [0.2, 0.25) is 0 Å². The monoisotopic (exact) mass is 384 g/mol. The van der Waals surface area contributed by atoms with Gasteiger partial charge in [-0.05, 0) is 25.1 Å². The van der Waals surface area contributed by atoms with Crippen LogP contribution in [0.3, 0.4) is 0 Å². The Labute approximate surface area is 168 Å². The minimum Gasteiger partial charge on any atom is -0.302 e. The van der Waals surface area contributed by atoms with E-state index in [0.29, 0.717) is 28.2 Å². The molecular formula is C23H20N4O2. The van der Waals surface area contributed by atoms with Gasteiger partial charge in [0, 0.05) is 17.3 Å². The predicted octanol–water partition coefficient (Wildman–Crippen LogP) is 2.74. The van der Waals surface area contributed by atoms with E-state index in [1.807, 2.05) is 55.5 Å². The molecule has 0 saturated heterocycles. The van der Waals surface area contributed by atoms with E-state index in [1.54, 1.807) is 24.4 Å². The van der Waals surface area contributed by atoms with Gasteiger partial charge in [0.2, 0.25) is 0 Å². The molecule has 2 aromatic carbocycles. The number of nitrogens with two attached hydrogens (primary N) is 1. The number of anilines is 1. The van der Waals surface area contributed by atoms with Crippen LogP contribution in [0.15, 0.2) is 77.9 Å². The number of amides is 1. The van der Waals surface area contributed by atoms with E-state index in [1.165, 1.54) is 4.90 Å². The summed E-state index contributed by atoms with van der Waals surface area (Å²) in [4.78, 5) is 36.1. The first-order chi connectivity index (χ1) is 14.0. The van der Waals surface area contributed by atoms with Crippen molar-refractivity contribution in [1.82, 2.24) is 4.98 Å². The molecule has 0 bridgehead atoms. The van der Waals surface area contributed by atoms with Gasteiger partial charge in [-0.2, -0.15) is 0 Å². The number of nitrogens with zero attached hydrogens (tertiary/aromatic N) is 3. The minimum absolute atomic E-state index is 0.113. The number of fused-ring (bicyclic) bond motifs is 1. The maximum Gasteiger partial charge on any atom is 0.266 e. The zero-order valence-electron chi connectivity index (χ0n) is 15.9. The fourth-order valence-corrected chi connectivity index (χ4v) is 3.30. The lowest BCUT2D eigenvalue weighted by Gasteiger charge is -2.23. The average Bonchev–Trinajstić information content (AvgIpc) is 2.85. The summed E-state index contributed by atoms with van der Waals surface area (Å²) in [5, 5.41) is 0. The van der Waals surface area contributed by atoms with Crippen LogP contribution in [-0.2, 0) is 4.79 Å². The standard InChI is InChI=1S/C23H20N4O2/c1-15-9-11-16(12-10-15)20(28)14-27-19-8-3-2-6-17(19)21(26-22(24)23(27)29)18-7-4-5-13-25-18/h2-13,22H,14,24H2,1H3/t22-/m1/s1. The normalized spacial score (nSPS) is 16.1. The molecule has 0 saturated carbocycles.